The van der Waals surface area contributed by atoms with Gasteiger partial charge in [-0.05, 0) is 16.7 Å². The highest BCUT2D eigenvalue weighted by atomic mass is 32.2. The molecule has 1 aliphatic heterocycles. The van der Waals surface area contributed by atoms with Crippen LogP contribution in [0.4, 0.5) is 0 Å². The molecule has 0 bridgehead atoms. The summed E-state index contributed by atoms with van der Waals surface area (Å²) in [5.74, 6) is 0.744. The molecule has 1 fully saturated rings. The van der Waals surface area contributed by atoms with Crippen LogP contribution in [0.15, 0.2) is 59.6 Å². The summed E-state index contributed by atoms with van der Waals surface area (Å²) in [4.78, 5) is 6.60. The number of hydrogen-bond acceptors (Lipinski definition) is 4. The van der Waals surface area contributed by atoms with E-state index in [9.17, 15) is 8.42 Å². The Balaban J connectivity index is 1.68. The van der Waals surface area contributed by atoms with Gasteiger partial charge in [-0.1, -0.05) is 54.6 Å². The Morgan fingerprint density at radius 3 is 2.33 bits per heavy atom. The van der Waals surface area contributed by atoms with Gasteiger partial charge in [-0.25, -0.2) is 13.4 Å². The molecule has 1 aliphatic rings. The van der Waals surface area contributed by atoms with Gasteiger partial charge < -0.3 is 15.0 Å². The number of benzene rings is 2. The number of hydrogen-bond donors (Lipinski definition) is 1. The summed E-state index contributed by atoms with van der Waals surface area (Å²) in [7, 11) is 0.497. The molecule has 8 heteroatoms. The first-order chi connectivity index (χ1) is 14.5. The fraction of sp³-hybridized carbons (Fsp3) is 0.409. The molecular formula is C22H30N4O3S. The molecule has 0 aliphatic carbocycles. The first-order valence-corrected chi connectivity index (χ1v) is 11.7. The molecule has 30 heavy (non-hydrogen) atoms. The van der Waals surface area contributed by atoms with Crippen LogP contribution in [0.5, 0.6) is 0 Å². The normalized spacial score (nSPS) is 15.7. The summed E-state index contributed by atoms with van der Waals surface area (Å²) >= 11 is 0. The number of sulfonamides is 1. The van der Waals surface area contributed by atoms with Crippen molar-refractivity contribution < 1.29 is 13.2 Å². The van der Waals surface area contributed by atoms with Crippen LogP contribution in [0.2, 0.25) is 0 Å². The zero-order valence-corrected chi connectivity index (χ0v) is 18.4. The third kappa shape index (κ3) is 6.29. The molecule has 0 saturated carbocycles. The Kier molecular flexibility index (Phi) is 7.84. The van der Waals surface area contributed by atoms with Crippen molar-refractivity contribution in [3.63, 3.8) is 0 Å². The molecule has 7 nitrogen and oxygen atoms in total. The van der Waals surface area contributed by atoms with Crippen LogP contribution in [0, 0.1) is 0 Å². The molecule has 2 aromatic rings. The lowest BCUT2D eigenvalue weighted by atomic mass is 10.1. The standard InChI is InChI=1S/C22H30N4O3S/c1-25(2)22(23-16-19-8-4-3-5-9-19)24-17-20-10-6-7-11-21(20)18-30(27,28)26-12-14-29-15-13-26/h3-11H,12-18H2,1-2H3,(H,23,24). The second kappa shape index (κ2) is 10.6. The Labute approximate surface area is 179 Å². The monoisotopic (exact) mass is 430 g/mol. The molecule has 0 unspecified atom stereocenters. The summed E-state index contributed by atoms with van der Waals surface area (Å²) in [6.07, 6.45) is 0. The van der Waals surface area contributed by atoms with E-state index >= 15 is 0 Å². The van der Waals surface area contributed by atoms with Gasteiger partial charge in [0.05, 0.1) is 25.5 Å². The molecule has 0 aromatic heterocycles. The number of rotatable bonds is 7. The van der Waals surface area contributed by atoms with Crippen molar-refractivity contribution in [2.75, 3.05) is 40.4 Å². The zero-order chi connectivity index (χ0) is 21.4. The van der Waals surface area contributed by atoms with Crippen molar-refractivity contribution in [3.05, 3.63) is 71.3 Å². The van der Waals surface area contributed by atoms with Crippen molar-refractivity contribution >= 4 is 16.0 Å². The van der Waals surface area contributed by atoms with E-state index in [4.69, 9.17) is 4.74 Å². The largest absolute Gasteiger partial charge is 0.379 e. The van der Waals surface area contributed by atoms with Crippen LogP contribution < -0.4 is 5.32 Å². The summed E-state index contributed by atoms with van der Waals surface area (Å²) in [6, 6.07) is 17.7. The molecule has 1 heterocycles. The lowest BCUT2D eigenvalue weighted by Gasteiger charge is -2.26. The Morgan fingerprint density at radius 2 is 1.67 bits per heavy atom. The third-order valence-corrected chi connectivity index (χ3v) is 6.76. The predicted molar refractivity (Wildman–Crippen MR) is 120 cm³/mol. The molecule has 0 atom stereocenters. The van der Waals surface area contributed by atoms with E-state index in [1.807, 2.05) is 73.6 Å². The summed E-state index contributed by atoms with van der Waals surface area (Å²) < 4.78 is 32.5. The van der Waals surface area contributed by atoms with E-state index in [-0.39, 0.29) is 5.75 Å². The van der Waals surface area contributed by atoms with Crippen LogP contribution in [0.25, 0.3) is 0 Å². The van der Waals surface area contributed by atoms with E-state index in [1.54, 1.807) is 0 Å². The van der Waals surface area contributed by atoms with Gasteiger partial charge >= 0.3 is 0 Å². The van der Waals surface area contributed by atoms with E-state index < -0.39 is 10.0 Å². The molecular weight excluding hydrogens is 400 g/mol. The second-order valence-corrected chi connectivity index (χ2v) is 9.38. The average molecular weight is 431 g/mol. The topological polar surface area (TPSA) is 74.2 Å². The molecule has 162 valence electrons. The van der Waals surface area contributed by atoms with Crippen molar-refractivity contribution in [3.8, 4) is 0 Å². The van der Waals surface area contributed by atoms with Gasteiger partial charge in [0.2, 0.25) is 10.0 Å². The van der Waals surface area contributed by atoms with Crippen LogP contribution >= 0.6 is 0 Å². The Bertz CT molecular complexity index is 940. The van der Waals surface area contributed by atoms with E-state index in [1.165, 1.54) is 4.31 Å². The number of aliphatic imine (C=N–C) groups is 1. The fourth-order valence-corrected chi connectivity index (χ4v) is 4.83. The van der Waals surface area contributed by atoms with Gasteiger partial charge in [0, 0.05) is 33.7 Å². The van der Waals surface area contributed by atoms with Crippen molar-refractivity contribution in [1.82, 2.24) is 14.5 Å². The molecule has 0 amide bonds. The highest BCUT2D eigenvalue weighted by molar-refractivity contribution is 7.88. The molecule has 0 spiro atoms. The van der Waals surface area contributed by atoms with Crippen LogP contribution in [0.3, 0.4) is 0 Å². The maximum absolute atomic E-state index is 12.8. The third-order valence-electron chi connectivity index (χ3n) is 4.93. The minimum Gasteiger partial charge on any atom is -0.379 e. The zero-order valence-electron chi connectivity index (χ0n) is 17.6. The van der Waals surface area contributed by atoms with E-state index in [0.29, 0.717) is 39.4 Å². The first-order valence-electron chi connectivity index (χ1n) is 10.1. The van der Waals surface area contributed by atoms with Crippen molar-refractivity contribution in [2.45, 2.75) is 18.8 Å². The SMILES string of the molecule is CN(C)C(=NCc1ccccc1)NCc1ccccc1CS(=O)(=O)N1CCOCC1. The van der Waals surface area contributed by atoms with Gasteiger partial charge in [-0.15, -0.1) is 0 Å². The molecule has 1 N–H and O–H groups in total. The molecule has 0 radical (unpaired) electrons. The quantitative estimate of drug-likeness (QED) is 0.538. The minimum absolute atomic E-state index is 0.0106. The number of nitrogens with zero attached hydrogens (tertiary/aromatic N) is 3. The van der Waals surface area contributed by atoms with E-state index in [2.05, 4.69) is 10.3 Å². The minimum atomic E-state index is -3.38. The maximum Gasteiger partial charge on any atom is 0.218 e. The highest BCUT2D eigenvalue weighted by Crippen LogP contribution is 2.16. The Morgan fingerprint density at radius 1 is 1.03 bits per heavy atom. The van der Waals surface area contributed by atoms with Crippen LogP contribution in [-0.4, -0.2) is 64.0 Å². The van der Waals surface area contributed by atoms with Gasteiger partial charge in [0.15, 0.2) is 5.96 Å². The summed E-state index contributed by atoms with van der Waals surface area (Å²) in [5, 5.41) is 3.36. The number of ether oxygens (including phenoxy) is 1. The van der Waals surface area contributed by atoms with Crippen molar-refractivity contribution in [1.29, 1.82) is 0 Å². The second-order valence-electron chi connectivity index (χ2n) is 7.41. The van der Waals surface area contributed by atoms with Gasteiger partial charge in [-0.3, -0.25) is 0 Å². The molecule has 3 rings (SSSR count). The summed E-state index contributed by atoms with van der Waals surface area (Å²) in [6.45, 7) is 2.81. The van der Waals surface area contributed by atoms with Gasteiger partial charge in [0.25, 0.3) is 0 Å². The van der Waals surface area contributed by atoms with Crippen LogP contribution in [0.1, 0.15) is 16.7 Å². The number of nitrogens with one attached hydrogen (secondary N) is 1. The highest BCUT2D eigenvalue weighted by Gasteiger charge is 2.25. The summed E-state index contributed by atoms with van der Waals surface area (Å²) in [5.41, 5.74) is 2.89. The maximum atomic E-state index is 12.8. The van der Waals surface area contributed by atoms with Gasteiger partial charge in [-0.2, -0.15) is 4.31 Å². The first kappa shape index (κ1) is 22.3. The van der Waals surface area contributed by atoms with Gasteiger partial charge in [0.1, 0.15) is 0 Å². The molecule has 1 saturated heterocycles. The fourth-order valence-electron chi connectivity index (χ4n) is 3.26. The van der Waals surface area contributed by atoms with Crippen LogP contribution in [-0.2, 0) is 33.6 Å². The number of guanidine groups is 1. The lowest BCUT2D eigenvalue weighted by molar-refractivity contribution is 0.0729. The van der Waals surface area contributed by atoms with Crippen molar-refractivity contribution in [2.24, 2.45) is 4.99 Å². The van der Waals surface area contributed by atoms with E-state index in [0.717, 1.165) is 22.6 Å². The Hall–Kier alpha value is -2.42. The smallest absolute Gasteiger partial charge is 0.218 e. The lowest BCUT2D eigenvalue weighted by Crippen LogP contribution is -2.41. The average Bonchev–Trinajstić information content (AvgIpc) is 2.75. The predicted octanol–water partition coefficient (Wildman–Crippen LogP) is 2.06. The number of morpholine rings is 1. The molecule has 2 aromatic carbocycles.